The van der Waals surface area contributed by atoms with Crippen molar-refractivity contribution in [3.05, 3.63) is 183 Å². The number of nitrogens with two attached hydrogens (primary N) is 2. The number of carbonyl (C=O) groups is 2. The zero-order valence-corrected chi connectivity index (χ0v) is 46.8. The summed E-state index contributed by atoms with van der Waals surface area (Å²) in [6.07, 6.45) is -0.103. The van der Waals surface area contributed by atoms with Gasteiger partial charge in [-0.05, 0) is 160 Å². The number of carbonyl (C=O) groups excluding carboxylic acids is 2. The Morgan fingerprint density at radius 1 is 0.580 bits per heavy atom. The number of nitrogens with zero attached hydrogens (tertiary/aromatic N) is 13. The molecule has 0 saturated heterocycles. The SMILES string of the molecule is CCOC(=O)CC(C)=O.Cc1cc(=O)n2[nH]c(C)nc2n1.Cc1cc(Cl)n2nc(C)nc2n1.Cc1cc(Nc2ccc3cc4ccccc4cc3c2)n2nc(C)nc2n1.Cc1nc(N)n[nH]1.Nc1ccc2cc3ccccc3cc2c1. The summed E-state index contributed by atoms with van der Waals surface area (Å²) in [6.45, 7) is 16.3. The summed E-state index contributed by atoms with van der Waals surface area (Å²) in [5, 5.41) is 31.3. The van der Waals surface area contributed by atoms with Crippen LogP contribution in [0.2, 0.25) is 5.15 Å². The maximum atomic E-state index is 11.3. The molecule has 0 amide bonds. The van der Waals surface area contributed by atoms with Crippen molar-refractivity contribution in [1.82, 2.24) is 73.9 Å². The van der Waals surface area contributed by atoms with Gasteiger partial charge in [-0.25, -0.2) is 15.0 Å². The fraction of sp³-hybridized carbons (Fsp3) is 0.190. The molecule has 0 aliphatic carbocycles. The highest BCUT2D eigenvalue weighted by atomic mass is 35.5. The van der Waals surface area contributed by atoms with Crippen molar-refractivity contribution in [2.24, 2.45) is 0 Å². The summed E-state index contributed by atoms with van der Waals surface area (Å²) in [4.78, 5) is 60.8. The number of anilines is 4. The molecule has 0 radical (unpaired) electrons. The first kappa shape index (κ1) is 57.0. The monoisotopic (exact) mass is 1110 g/mol. The van der Waals surface area contributed by atoms with E-state index in [1.807, 2.05) is 39.0 Å². The minimum absolute atomic E-state index is 0.103. The minimum atomic E-state index is -0.440. The number of esters is 1. The van der Waals surface area contributed by atoms with Gasteiger partial charge in [-0.15, -0.1) is 15.3 Å². The predicted octanol–water partition coefficient (Wildman–Crippen LogP) is 10.0. The van der Waals surface area contributed by atoms with Gasteiger partial charge in [0, 0.05) is 40.6 Å². The predicted molar refractivity (Wildman–Crippen MR) is 317 cm³/mol. The first-order chi connectivity index (χ1) is 38.8. The second kappa shape index (κ2) is 25.5. The van der Waals surface area contributed by atoms with E-state index in [2.05, 4.69) is 167 Å². The molecule has 0 saturated carbocycles. The molecule has 23 heteroatoms. The first-order valence-corrected chi connectivity index (χ1v) is 25.8. The van der Waals surface area contributed by atoms with Crippen LogP contribution >= 0.6 is 11.6 Å². The molecule has 0 unspecified atom stereocenters. The summed E-state index contributed by atoms with van der Waals surface area (Å²) >= 11 is 5.90. The van der Waals surface area contributed by atoms with E-state index in [1.165, 1.54) is 65.1 Å². The number of aromatic nitrogens is 15. The maximum absolute atomic E-state index is 11.3. The number of H-pyrrole nitrogens is 2. The number of fused-ring (bicyclic) bond motifs is 7. The summed E-state index contributed by atoms with van der Waals surface area (Å²) in [6, 6.07) is 43.2. The van der Waals surface area contributed by atoms with Gasteiger partial charge in [0.25, 0.3) is 22.9 Å². The van der Waals surface area contributed by atoms with Crippen LogP contribution in [0.5, 0.6) is 0 Å². The van der Waals surface area contributed by atoms with Crippen LogP contribution in [0.15, 0.2) is 132 Å². The number of nitrogen functional groups attached to an aromatic ring is 2. The number of aromatic amines is 2. The fourth-order valence-electron chi connectivity index (χ4n) is 8.22. The molecule has 0 bridgehead atoms. The second-order valence-corrected chi connectivity index (χ2v) is 19.0. The van der Waals surface area contributed by atoms with Crippen LogP contribution in [0.4, 0.5) is 23.1 Å². The van der Waals surface area contributed by atoms with Gasteiger partial charge in [-0.2, -0.15) is 33.5 Å². The van der Waals surface area contributed by atoms with Crippen molar-refractivity contribution in [3.63, 3.8) is 0 Å². The number of hydrogen-bond acceptors (Lipinski definition) is 17. The number of hydrogen-bond donors (Lipinski definition) is 5. The molecule has 7 aromatic heterocycles. The van der Waals surface area contributed by atoms with E-state index in [-0.39, 0.29) is 17.8 Å². The Labute approximate surface area is 468 Å². The topological polar surface area (TPSA) is 298 Å². The molecule has 412 valence electrons. The highest BCUT2D eigenvalue weighted by Gasteiger charge is 2.10. The molecule has 13 aromatic rings. The normalized spacial score (nSPS) is 10.7. The Balaban J connectivity index is 0.000000135. The van der Waals surface area contributed by atoms with Crippen molar-refractivity contribution >= 4 is 107 Å². The van der Waals surface area contributed by atoms with Gasteiger partial charge in [-0.3, -0.25) is 24.6 Å². The van der Waals surface area contributed by atoms with Crippen LogP contribution in [0.3, 0.4) is 0 Å². The van der Waals surface area contributed by atoms with Crippen molar-refractivity contribution in [1.29, 1.82) is 0 Å². The average molecular weight is 1110 g/mol. The third kappa shape index (κ3) is 15.1. The minimum Gasteiger partial charge on any atom is -0.466 e. The third-order valence-electron chi connectivity index (χ3n) is 11.6. The molecular formula is C58H59ClN18O4. The molecule has 0 aliphatic heterocycles. The Bertz CT molecular complexity index is 4430. The molecule has 0 aliphatic rings. The van der Waals surface area contributed by atoms with E-state index in [4.69, 9.17) is 23.1 Å². The number of benzene rings is 6. The van der Waals surface area contributed by atoms with Crippen molar-refractivity contribution in [2.75, 3.05) is 23.4 Å². The molecule has 0 fully saturated rings. The van der Waals surface area contributed by atoms with E-state index < -0.39 is 5.97 Å². The summed E-state index contributed by atoms with van der Waals surface area (Å²) < 4.78 is 9.08. The molecule has 7 heterocycles. The number of ketones is 1. The largest absolute Gasteiger partial charge is 0.466 e. The Kier molecular flexibility index (Phi) is 17.9. The molecule has 0 atom stereocenters. The third-order valence-corrected chi connectivity index (χ3v) is 11.9. The highest BCUT2D eigenvalue weighted by Crippen LogP contribution is 2.28. The highest BCUT2D eigenvalue weighted by molar-refractivity contribution is 6.29. The van der Waals surface area contributed by atoms with Gasteiger partial charge in [-0.1, -0.05) is 72.3 Å². The summed E-state index contributed by atoms with van der Waals surface area (Å²) in [5.74, 6) is 4.96. The lowest BCUT2D eigenvalue weighted by Crippen LogP contribution is -2.14. The van der Waals surface area contributed by atoms with Gasteiger partial charge in [0.1, 0.15) is 46.5 Å². The van der Waals surface area contributed by atoms with Crippen LogP contribution in [0, 0.1) is 48.5 Å². The summed E-state index contributed by atoms with van der Waals surface area (Å²) in [7, 11) is 0. The Hall–Kier alpha value is -10.2. The lowest BCUT2D eigenvalue weighted by Gasteiger charge is -2.10. The van der Waals surface area contributed by atoms with Crippen LogP contribution < -0.4 is 22.3 Å². The fourth-order valence-corrected chi connectivity index (χ4v) is 8.49. The molecule has 22 nitrogen and oxygen atoms in total. The lowest BCUT2D eigenvalue weighted by molar-refractivity contribution is -0.145. The quantitative estimate of drug-likeness (QED) is 0.0352. The van der Waals surface area contributed by atoms with Crippen molar-refractivity contribution < 1.29 is 14.3 Å². The Morgan fingerprint density at radius 3 is 1.65 bits per heavy atom. The van der Waals surface area contributed by atoms with Crippen LogP contribution in [-0.2, 0) is 14.3 Å². The van der Waals surface area contributed by atoms with E-state index in [1.54, 1.807) is 45.2 Å². The summed E-state index contributed by atoms with van der Waals surface area (Å²) in [5.41, 5.74) is 15.0. The van der Waals surface area contributed by atoms with Gasteiger partial charge >= 0.3 is 5.97 Å². The van der Waals surface area contributed by atoms with Crippen molar-refractivity contribution in [2.45, 2.75) is 68.7 Å². The maximum Gasteiger partial charge on any atom is 0.313 e. The molecule has 0 spiro atoms. The van der Waals surface area contributed by atoms with Gasteiger partial charge in [0.2, 0.25) is 5.95 Å². The molecular weight excluding hydrogens is 1050 g/mol. The molecule has 81 heavy (non-hydrogen) atoms. The van der Waals surface area contributed by atoms with E-state index >= 15 is 0 Å². The number of rotatable bonds is 5. The number of Topliss-reactive ketones (excluding diaryl/α,β-unsaturated/α-hetero) is 1. The number of nitrogens with one attached hydrogen (secondary N) is 3. The number of ether oxygens (including phenoxy) is 1. The van der Waals surface area contributed by atoms with Gasteiger partial charge in [0.05, 0.1) is 6.61 Å². The first-order valence-electron chi connectivity index (χ1n) is 25.4. The zero-order valence-electron chi connectivity index (χ0n) is 46.0. The molecule has 7 N–H and O–H groups in total. The lowest BCUT2D eigenvalue weighted by atomic mass is 10.0. The smallest absolute Gasteiger partial charge is 0.313 e. The van der Waals surface area contributed by atoms with E-state index in [9.17, 15) is 14.4 Å². The van der Waals surface area contributed by atoms with Gasteiger partial charge < -0.3 is 21.5 Å². The van der Waals surface area contributed by atoms with Gasteiger partial charge in [0.15, 0.2) is 0 Å². The van der Waals surface area contributed by atoms with E-state index in [0.29, 0.717) is 58.2 Å². The molecule has 13 rings (SSSR count). The zero-order chi connectivity index (χ0) is 57.9. The second-order valence-electron chi connectivity index (χ2n) is 18.6. The van der Waals surface area contributed by atoms with Crippen LogP contribution in [0.25, 0.3) is 60.4 Å². The number of halogens is 1. The standard InChI is InChI=1S/C21H17N5.C14H11N.C7H7ClN4.C7H8N4O.C6H10O3.C3H6N4/c1-13-9-20(26-21(22-13)23-14(2)25-26)24-19-8-7-17-10-15-5-3-4-6-16(15)11-18(17)12-19;15-14-6-5-12-7-10-3-1-2-4-11(10)8-13(12)9-14;1-4-3-6(8)12-7(9-4)10-5(2)11-12;1-4-3-6(12)11-7(8-4)9-5(2)10-11;1-3-9-6(8)4-5(2)7;1-2-5-3(4)7-6-2/h3-12,24H,1-2H3;1-9H,15H2;3H,1-2H3;3H,1-2H3,(H,8,9,10);3-4H2,1-2H3;1H3,(H3,4,5,6,7). The van der Waals surface area contributed by atoms with Crippen LogP contribution in [0.1, 0.15) is 60.6 Å². The number of aryl methyl sites for hydroxylation is 7. The average Bonchev–Trinajstić information content (AvgIpc) is 4.29. The van der Waals surface area contributed by atoms with Crippen molar-refractivity contribution in [3.8, 4) is 0 Å². The van der Waals surface area contributed by atoms with E-state index in [0.717, 1.165) is 34.4 Å². The molecule has 6 aromatic carbocycles. The van der Waals surface area contributed by atoms with Crippen LogP contribution in [-0.4, -0.2) is 92.3 Å². The Morgan fingerprint density at radius 2 is 1.10 bits per heavy atom.